The maximum Gasteiger partial charge on any atom is 0.197 e. The summed E-state index contributed by atoms with van der Waals surface area (Å²) in [4.78, 5) is 0. The van der Waals surface area contributed by atoms with Crippen molar-refractivity contribution in [1.82, 2.24) is 4.37 Å². The van der Waals surface area contributed by atoms with Crippen molar-refractivity contribution < 1.29 is 4.74 Å². The summed E-state index contributed by atoms with van der Waals surface area (Å²) >= 11 is 1.40. The highest BCUT2D eigenvalue weighted by atomic mass is 32.1. The average Bonchev–Trinajstić information content (AvgIpc) is 2.79. The van der Waals surface area contributed by atoms with E-state index in [1.807, 2.05) is 13.8 Å². The quantitative estimate of drug-likeness (QED) is 0.880. The van der Waals surface area contributed by atoms with Crippen LogP contribution in [0.5, 0.6) is 5.75 Å². The second kappa shape index (κ2) is 5.34. The molecule has 0 amide bonds. The zero-order chi connectivity index (χ0) is 13.3. The van der Waals surface area contributed by atoms with Crippen molar-refractivity contribution >= 4 is 22.4 Å². The van der Waals surface area contributed by atoms with E-state index in [0.717, 1.165) is 16.7 Å². The monoisotopic (exact) mass is 269 g/mol. The lowest BCUT2D eigenvalue weighted by Gasteiger charge is -2.20. The van der Waals surface area contributed by atoms with Crippen molar-refractivity contribution in [2.24, 2.45) is 11.8 Å². The summed E-state index contributed by atoms with van der Waals surface area (Å²) in [5.74, 6) is 2.68. The summed E-state index contributed by atoms with van der Waals surface area (Å²) in [6.45, 7) is 8.63. The summed E-state index contributed by atoms with van der Waals surface area (Å²) < 4.78 is 9.94. The molecule has 1 aliphatic rings. The Kier molecular flexibility index (Phi) is 4.00. The Morgan fingerprint density at radius 2 is 2.11 bits per heavy atom. The number of nitrogens with two attached hydrogens (primary N) is 1. The van der Waals surface area contributed by atoms with Crippen LogP contribution in [0.4, 0.5) is 10.8 Å². The van der Waals surface area contributed by atoms with Gasteiger partial charge in [-0.25, -0.2) is 0 Å². The fourth-order valence-corrected chi connectivity index (χ4v) is 3.18. The molecule has 1 heterocycles. The highest BCUT2D eigenvalue weighted by Crippen LogP contribution is 2.40. The number of nitrogens with zero attached hydrogens (tertiary/aromatic N) is 1. The molecular formula is C13H23N3OS. The largest absolute Gasteiger partial charge is 0.484 e. The summed E-state index contributed by atoms with van der Waals surface area (Å²) in [6.07, 6.45) is 2.61. The Labute approximate surface area is 113 Å². The standard InChI is InChI=1S/C13H23N3OS/c1-7(2)17-11-12(14)16-18-13(11)15-10-6-5-8(3)9(10)4/h7-10,15H,5-6H2,1-4H3,(H2,14,16). The van der Waals surface area contributed by atoms with E-state index < -0.39 is 0 Å². The molecule has 0 aromatic carbocycles. The topological polar surface area (TPSA) is 60.2 Å². The Hall–Kier alpha value is -0.970. The van der Waals surface area contributed by atoms with Crippen LogP contribution >= 0.6 is 11.5 Å². The van der Waals surface area contributed by atoms with Gasteiger partial charge >= 0.3 is 0 Å². The highest BCUT2D eigenvalue weighted by Gasteiger charge is 2.31. The first-order chi connectivity index (χ1) is 8.49. The first-order valence-corrected chi connectivity index (χ1v) is 7.44. The zero-order valence-electron chi connectivity index (χ0n) is 11.6. The second-order valence-electron chi connectivity index (χ2n) is 5.56. The lowest BCUT2D eigenvalue weighted by atomic mass is 9.98. The smallest absolute Gasteiger partial charge is 0.197 e. The van der Waals surface area contributed by atoms with Gasteiger partial charge in [0.1, 0.15) is 0 Å². The van der Waals surface area contributed by atoms with Crippen LogP contribution in [-0.2, 0) is 0 Å². The van der Waals surface area contributed by atoms with Gasteiger partial charge in [0.05, 0.1) is 6.10 Å². The van der Waals surface area contributed by atoms with Crippen LogP contribution in [0.25, 0.3) is 0 Å². The highest BCUT2D eigenvalue weighted by molar-refractivity contribution is 7.11. The van der Waals surface area contributed by atoms with E-state index in [-0.39, 0.29) is 6.10 Å². The zero-order valence-corrected chi connectivity index (χ0v) is 12.4. The van der Waals surface area contributed by atoms with Crippen molar-refractivity contribution in [3.63, 3.8) is 0 Å². The van der Waals surface area contributed by atoms with Gasteiger partial charge in [0.25, 0.3) is 0 Å². The van der Waals surface area contributed by atoms with E-state index in [4.69, 9.17) is 10.5 Å². The molecule has 1 saturated carbocycles. The minimum absolute atomic E-state index is 0.115. The predicted molar refractivity (Wildman–Crippen MR) is 77.3 cm³/mol. The minimum Gasteiger partial charge on any atom is -0.484 e. The predicted octanol–water partition coefficient (Wildman–Crippen LogP) is 3.36. The van der Waals surface area contributed by atoms with Crippen LogP contribution in [-0.4, -0.2) is 16.5 Å². The number of hydrogen-bond acceptors (Lipinski definition) is 5. The third-order valence-corrected chi connectivity index (χ3v) is 4.58. The Morgan fingerprint density at radius 1 is 1.39 bits per heavy atom. The molecule has 3 N–H and O–H groups in total. The number of ether oxygens (including phenoxy) is 1. The van der Waals surface area contributed by atoms with Gasteiger partial charge in [-0.3, -0.25) is 0 Å². The van der Waals surface area contributed by atoms with Crippen molar-refractivity contribution in [3.8, 4) is 5.75 Å². The van der Waals surface area contributed by atoms with Gasteiger partial charge in [0.15, 0.2) is 16.6 Å². The van der Waals surface area contributed by atoms with Crippen LogP contribution in [0.3, 0.4) is 0 Å². The molecular weight excluding hydrogens is 246 g/mol. The van der Waals surface area contributed by atoms with Crippen LogP contribution in [0, 0.1) is 11.8 Å². The van der Waals surface area contributed by atoms with Gasteiger partial charge in [-0.2, -0.15) is 4.37 Å². The molecule has 5 heteroatoms. The molecule has 0 aliphatic heterocycles. The summed E-state index contributed by atoms with van der Waals surface area (Å²) in [5, 5.41) is 4.55. The van der Waals surface area contributed by atoms with Crippen molar-refractivity contribution in [3.05, 3.63) is 0 Å². The molecule has 102 valence electrons. The normalized spacial score (nSPS) is 27.7. The van der Waals surface area contributed by atoms with Gasteiger partial charge in [0.2, 0.25) is 0 Å². The van der Waals surface area contributed by atoms with Crippen LogP contribution in [0.2, 0.25) is 0 Å². The Morgan fingerprint density at radius 3 is 2.67 bits per heavy atom. The molecule has 0 saturated heterocycles. The first kappa shape index (κ1) is 13.5. The number of aromatic nitrogens is 1. The van der Waals surface area contributed by atoms with E-state index in [2.05, 4.69) is 23.5 Å². The number of nitrogen functional groups attached to an aromatic ring is 1. The van der Waals surface area contributed by atoms with Crippen molar-refractivity contribution in [2.45, 2.75) is 52.7 Å². The molecule has 1 fully saturated rings. The van der Waals surface area contributed by atoms with Gasteiger partial charge in [-0.1, -0.05) is 13.8 Å². The van der Waals surface area contributed by atoms with Crippen LogP contribution in [0.15, 0.2) is 0 Å². The fourth-order valence-electron chi connectivity index (χ4n) is 2.47. The molecule has 1 aromatic rings. The lowest BCUT2D eigenvalue weighted by Crippen LogP contribution is -2.24. The summed E-state index contributed by atoms with van der Waals surface area (Å²) in [7, 11) is 0. The van der Waals surface area contributed by atoms with E-state index in [9.17, 15) is 0 Å². The van der Waals surface area contributed by atoms with Crippen molar-refractivity contribution in [2.75, 3.05) is 11.1 Å². The van der Waals surface area contributed by atoms with Crippen LogP contribution in [0.1, 0.15) is 40.5 Å². The van der Waals surface area contributed by atoms with Gasteiger partial charge in [0, 0.05) is 6.04 Å². The molecule has 0 bridgehead atoms. The molecule has 0 radical (unpaired) electrons. The van der Waals surface area contributed by atoms with Gasteiger partial charge in [-0.15, -0.1) is 0 Å². The Balaban J connectivity index is 2.09. The van der Waals surface area contributed by atoms with E-state index in [1.165, 1.54) is 24.4 Å². The SMILES string of the molecule is CC(C)Oc1c(N)nsc1NC1CCC(C)C1C. The number of anilines is 2. The molecule has 0 spiro atoms. The van der Waals surface area contributed by atoms with Crippen LogP contribution < -0.4 is 15.8 Å². The third-order valence-electron chi connectivity index (χ3n) is 3.81. The Bertz CT molecular complexity index is 405. The molecule has 4 nitrogen and oxygen atoms in total. The number of hydrogen-bond donors (Lipinski definition) is 2. The van der Waals surface area contributed by atoms with E-state index in [1.54, 1.807) is 0 Å². The average molecular weight is 269 g/mol. The number of rotatable bonds is 4. The molecule has 2 rings (SSSR count). The summed E-state index contributed by atoms with van der Waals surface area (Å²) in [6, 6.07) is 0.509. The summed E-state index contributed by atoms with van der Waals surface area (Å²) in [5.41, 5.74) is 5.86. The number of nitrogens with one attached hydrogen (secondary N) is 1. The van der Waals surface area contributed by atoms with Gasteiger partial charge in [-0.05, 0) is 50.1 Å². The first-order valence-electron chi connectivity index (χ1n) is 6.67. The lowest BCUT2D eigenvalue weighted by molar-refractivity contribution is 0.245. The van der Waals surface area contributed by atoms with E-state index in [0.29, 0.717) is 17.8 Å². The van der Waals surface area contributed by atoms with Crippen molar-refractivity contribution in [1.29, 1.82) is 0 Å². The molecule has 3 unspecified atom stereocenters. The molecule has 1 aromatic heterocycles. The van der Waals surface area contributed by atoms with E-state index >= 15 is 0 Å². The fraction of sp³-hybridized carbons (Fsp3) is 0.769. The molecule has 3 atom stereocenters. The second-order valence-corrected chi connectivity index (χ2v) is 6.33. The van der Waals surface area contributed by atoms with Gasteiger partial charge < -0.3 is 15.8 Å². The molecule has 18 heavy (non-hydrogen) atoms. The molecule has 1 aliphatic carbocycles. The third kappa shape index (κ3) is 2.71. The minimum atomic E-state index is 0.115. The maximum absolute atomic E-state index is 5.86. The maximum atomic E-state index is 5.86.